The van der Waals surface area contributed by atoms with E-state index in [0.29, 0.717) is 6.04 Å². The largest absolute Gasteiger partial charge is 0.344 e. The molecule has 1 rings (SSSR count). The zero-order valence-electron chi connectivity index (χ0n) is 8.71. The lowest BCUT2D eigenvalue weighted by atomic mass is 10.2. The van der Waals surface area contributed by atoms with Crippen molar-refractivity contribution in [3.8, 4) is 0 Å². The Morgan fingerprint density at radius 1 is 1.69 bits per heavy atom. The Balaban J connectivity index is 2.31. The molecule has 0 radical (unpaired) electrons. The second-order valence-electron chi connectivity index (χ2n) is 3.81. The molecule has 1 heterocycles. The Kier molecular flexibility index (Phi) is 3.69. The quantitative estimate of drug-likeness (QED) is 0.622. The van der Waals surface area contributed by atoms with E-state index >= 15 is 0 Å². The molecule has 4 heteroatoms. The van der Waals surface area contributed by atoms with Gasteiger partial charge in [-0.05, 0) is 7.05 Å². The van der Waals surface area contributed by atoms with Gasteiger partial charge in [0.1, 0.15) is 0 Å². The molecular formula is C9H19N3O. The molecule has 0 aliphatic carbocycles. The number of hydrogen-bond donors (Lipinski definition) is 1. The van der Waals surface area contributed by atoms with Crippen molar-refractivity contribution in [3.05, 3.63) is 0 Å². The maximum absolute atomic E-state index is 11.0. The molecule has 1 aliphatic heterocycles. The molecule has 13 heavy (non-hydrogen) atoms. The third kappa shape index (κ3) is 3.32. The molecule has 1 fully saturated rings. The van der Waals surface area contributed by atoms with Gasteiger partial charge in [0, 0.05) is 46.2 Å². The van der Waals surface area contributed by atoms with E-state index in [1.807, 2.05) is 7.05 Å². The van der Waals surface area contributed by atoms with Crippen molar-refractivity contribution in [2.75, 3.05) is 40.3 Å². The number of amides is 1. The van der Waals surface area contributed by atoms with E-state index in [0.717, 1.165) is 26.2 Å². The second-order valence-corrected chi connectivity index (χ2v) is 3.81. The minimum Gasteiger partial charge on any atom is -0.344 e. The van der Waals surface area contributed by atoms with Gasteiger partial charge in [-0.1, -0.05) is 0 Å². The number of carbonyl (C=O) groups excluding carboxylic acids is 1. The van der Waals surface area contributed by atoms with Crippen molar-refractivity contribution in [1.29, 1.82) is 0 Å². The Bertz CT molecular complexity index is 184. The van der Waals surface area contributed by atoms with Crippen LogP contribution in [0.15, 0.2) is 0 Å². The lowest BCUT2D eigenvalue weighted by molar-refractivity contribution is -0.128. The molecule has 76 valence electrons. The van der Waals surface area contributed by atoms with Crippen LogP contribution in [0.1, 0.15) is 6.92 Å². The van der Waals surface area contributed by atoms with Crippen LogP contribution < -0.4 is 5.32 Å². The minimum absolute atomic E-state index is 0.134. The molecule has 1 atom stereocenters. The highest BCUT2D eigenvalue weighted by Gasteiger charge is 2.18. The van der Waals surface area contributed by atoms with Gasteiger partial charge in [0.25, 0.3) is 0 Å². The summed E-state index contributed by atoms with van der Waals surface area (Å²) >= 11 is 0. The van der Waals surface area contributed by atoms with Gasteiger partial charge in [-0.3, -0.25) is 4.79 Å². The van der Waals surface area contributed by atoms with Crippen molar-refractivity contribution in [1.82, 2.24) is 15.1 Å². The summed E-state index contributed by atoms with van der Waals surface area (Å²) < 4.78 is 0. The van der Waals surface area contributed by atoms with Gasteiger partial charge in [-0.2, -0.15) is 0 Å². The zero-order valence-corrected chi connectivity index (χ0v) is 8.71. The number of rotatable bonds is 2. The molecule has 0 aromatic heterocycles. The van der Waals surface area contributed by atoms with Crippen LogP contribution in [0.3, 0.4) is 0 Å². The lowest BCUT2D eigenvalue weighted by Gasteiger charge is -2.33. The SMILES string of the molecule is CC(=O)N(C)CC1CN(C)CCN1. The van der Waals surface area contributed by atoms with Crippen LogP contribution in [-0.4, -0.2) is 62.0 Å². The van der Waals surface area contributed by atoms with E-state index in [1.54, 1.807) is 11.8 Å². The lowest BCUT2D eigenvalue weighted by Crippen LogP contribution is -2.53. The third-order valence-corrected chi connectivity index (χ3v) is 2.49. The summed E-state index contributed by atoms with van der Waals surface area (Å²) in [6.45, 7) is 5.55. The molecule has 1 aliphatic rings. The third-order valence-electron chi connectivity index (χ3n) is 2.49. The van der Waals surface area contributed by atoms with Crippen molar-refractivity contribution in [3.63, 3.8) is 0 Å². The maximum atomic E-state index is 11.0. The summed E-state index contributed by atoms with van der Waals surface area (Å²) in [6, 6.07) is 0.424. The standard InChI is InChI=1S/C9H19N3O/c1-8(13)12(3)7-9-6-11(2)5-4-10-9/h9-10H,4-7H2,1-3H3. The van der Waals surface area contributed by atoms with E-state index in [9.17, 15) is 4.79 Å². The van der Waals surface area contributed by atoms with Gasteiger partial charge in [-0.25, -0.2) is 0 Å². The van der Waals surface area contributed by atoms with Gasteiger partial charge in [0.2, 0.25) is 5.91 Å². The number of hydrogen-bond acceptors (Lipinski definition) is 3. The van der Waals surface area contributed by atoms with Crippen LogP contribution in [0.4, 0.5) is 0 Å². The number of nitrogens with zero attached hydrogens (tertiary/aromatic N) is 2. The molecule has 0 aromatic carbocycles. The van der Waals surface area contributed by atoms with Gasteiger partial charge in [-0.15, -0.1) is 0 Å². The Morgan fingerprint density at radius 3 is 2.92 bits per heavy atom. The first kappa shape index (κ1) is 10.5. The molecule has 0 spiro atoms. The van der Waals surface area contributed by atoms with Crippen LogP contribution in [-0.2, 0) is 4.79 Å². The molecule has 1 saturated heterocycles. The van der Waals surface area contributed by atoms with Gasteiger partial charge in [0.05, 0.1) is 0 Å². The van der Waals surface area contributed by atoms with Gasteiger partial charge in [0.15, 0.2) is 0 Å². The molecule has 1 amide bonds. The Hall–Kier alpha value is -0.610. The predicted octanol–water partition coefficient (Wildman–Crippen LogP) is -0.632. The number of likely N-dealkylation sites (N-methyl/N-ethyl adjacent to an activating group) is 2. The van der Waals surface area contributed by atoms with E-state index in [1.165, 1.54) is 0 Å². The summed E-state index contributed by atoms with van der Waals surface area (Å²) in [5.41, 5.74) is 0. The van der Waals surface area contributed by atoms with Crippen molar-refractivity contribution in [2.45, 2.75) is 13.0 Å². The average Bonchev–Trinajstić information content (AvgIpc) is 2.04. The number of carbonyl (C=O) groups is 1. The van der Waals surface area contributed by atoms with Crippen molar-refractivity contribution < 1.29 is 4.79 Å². The topological polar surface area (TPSA) is 35.6 Å². The molecule has 1 N–H and O–H groups in total. The van der Waals surface area contributed by atoms with E-state index in [-0.39, 0.29) is 5.91 Å². The summed E-state index contributed by atoms with van der Waals surface area (Å²) in [7, 11) is 3.96. The van der Waals surface area contributed by atoms with E-state index in [4.69, 9.17) is 0 Å². The summed E-state index contributed by atoms with van der Waals surface area (Å²) in [4.78, 5) is 15.0. The monoisotopic (exact) mass is 185 g/mol. The van der Waals surface area contributed by atoms with Crippen molar-refractivity contribution >= 4 is 5.91 Å². The predicted molar refractivity (Wildman–Crippen MR) is 52.6 cm³/mol. The first-order valence-electron chi connectivity index (χ1n) is 4.73. The maximum Gasteiger partial charge on any atom is 0.219 e. The smallest absolute Gasteiger partial charge is 0.219 e. The summed E-state index contributed by atoms with van der Waals surface area (Å²) in [5, 5.41) is 3.40. The fourth-order valence-corrected chi connectivity index (χ4v) is 1.57. The molecule has 1 unspecified atom stereocenters. The minimum atomic E-state index is 0.134. The average molecular weight is 185 g/mol. The zero-order chi connectivity index (χ0) is 9.84. The van der Waals surface area contributed by atoms with Crippen LogP contribution in [0.2, 0.25) is 0 Å². The fraction of sp³-hybridized carbons (Fsp3) is 0.889. The van der Waals surface area contributed by atoms with Gasteiger partial charge >= 0.3 is 0 Å². The molecule has 4 nitrogen and oxygen atoms in total. The van der Waals surface area contributed by atoms with E-state index < -0.39 is 0 Å². The number of nitrogens with one attached hydrogen (secondary N) is 1. The van der Waals surface area contributed by atoms with Crippen molar-refractivity contribution in [2.24, 2.45) is 0 Å². The normalized spacial score (nSPS) is 24.4. The molecular weight excluding hydrogens is 166 g/mol. The first-order valence-corrected chi connectivity index (χ1v) is 4.73. The van der Waals surface area contributed by atoms with Crippen LogP contribution >= 0.6 is 0 Å². The molecule has 0 saturated carbocycles. The van der Waals surface area contributed by atoms with Crippen LogP contribution in [0, 0.1) is 0 Å². The highest BCUT2D eigenvalue weighted by molar-refractivity contribution is 5.72. The second kappa shape index (κ2) is 4.58. The first-order chi connectivity index (χ1) is 6.09. The highest BCUT2D eigenvalue weighted by atomic mass is 16.2. The van der Waals surface area contributed by atoms with Crippen LogP contribution in [0.25, 0.3) is 0 Å². The fourth-order valence-electron chi connectivity index (χ4n) is 1.57. The summed E-state index contributed by atoms with van der Waals surface area (Å²) in [6.07, 6.45) is 0. The molecule has 0 aromatic rings. The Morgan fingerprint density at radius 2 is 2.38 bits per heavy atom. The molecule has 0 bridgehead atoms. The summed E-state index contributed by atoms with van der Waals surface area (Å²) in [5.74, 6) is 0.134. The highest BCUT2D eigenvalue weighted by Crippen LogP contribution is 1.98. The van der Waals surface area contributed by atoms with E-state index in [2.05, 4.69) is 17.3 Å². The number of piperazine rings is 1. The van der Waals surface area contributed by atoms with Gasteiger partial charge < -0.3 is 15.1 Å². The Labute approximate surface area is 79.9 Å². The van der Waals surface area contributed by atoms with Crippen LogP contribution in [0.5, 0.6) is 0 Å².